The van der Waals surface area contributed by atoms with Crippen LogP contribution in [0.2, 0.25) is 0 Å². The molecule has 0 atom stereocenters. The first-order chi connectivity index (χ1) is 12.1. The maximum Gasteiger partial charge on any atom is 0.270 e. The van der Waals surface area contributed by atoms with Crippen molar-refractivity contribution in [2.24, 2.45) is 0 Å². The number of nitrogens with zero attached hydrogens (tertiary/aromatic N) is 1. The molecule has 0 unspecified atom stereocenters. The van der Waals surface area contributed by atoms with Crippen LogP contribution in [-0.4, -0.2) is 16.3 Å². The van der Waals surface area contributed by atoms with Crippen molar-refractivity contribution >= 4 is 33.9 Å². The summed E-state index contributed by atoms with van der Waals surface area (Å²) in [6.07, 6.45) is 9.62. The first-order valence-electron chi connectivity index (χ1n) is 8.39. The summed E-state index contributed by atoms with van der Waals surface area (Å²) in [6.45, 7) is 0. The van der Waals surface area contributed by atoms with Crippen LogP contribution in [0.3, 0.4) is 0 Å². The fraction of sp³-hybridized carbons (Fsp3) is 0.316. The van der Waals surface area contributed by atoms with Gasteiger partial charge in [-0.05, 0) is 18.2 Å². The Morgan fingerprint density at radius 1 is 1.04 bits per heavy atom. The highest BCUT2D eigenvalue weighted by molar-refractivity contribution is 6.14. The van der Waals surface area contributed by atoms with Crippen molar-refractivity contribution < 1.29 is 19.2 Å². The zero-order chi connectivity index (χ0) is 17.8. The van der Waals surface area contributed by atoms with Gasteiger partial charge in [-0.1, -0.05) is 38.5 Å². The van der Waals surface area contributed by atoms with Gasteiger partial charge >= 0.3 is 0 Å². The zero-order valence-corrected chi connectivity index (χ0v) is 13.7. The number of carbonyl (C=O) groups excluding carboxylic acids is 1. The number of carbonyl (C=O) groups is 1. The molecule has 1 N–H and O–H groups in total. The fourth-order valence-corrected chi connectivity index (χ4v) is 3.15. The molecular formula is C19H19NO5. The largest absolute Gasteiger partial charge is 0.504 e. The number of nitro groups is 1. The Morgan fingerprint density at radius 3 is 2.24 bits per heavy atom. The van der Waals surface area contributed by atoms with E-state index in [-0.39, 0.29) is 17.0 Å². The van der Waals surface area contributed by atoms with E-state index in [1.807, 2.05) is 0 Å². The summed E-state index contributed by atoms with van der Waals surface area (Å²) in [5, 5.41) is 21.3. The predicted molar refractivity (Wildman–Crippen MR) is 95.1 cm³/mol. The monoisotopic (exact) mass is 341 g/mol. The minimum Gasteiger partial charge on any atom is -0.504 e. The number of rotatable bonds is 2. The van der Waals surface area contributed by atoms with Gasteiger partial charge in [-0.15, -0.1) is 0 Å². The number of nitro benzene ring substituents is 1. The van der Waals surface area contributed by atoms with Gasteiger partial charge in [0.05, 0.1) is 4.92 Å². The second-order valence-corrected chi connectivity index (χ2v) is 6.16. The first-order valence-corrected chi connectivity index (χ1v) is 8.39. The van der Waals surface area contributed by atoms with E-state index in [1.165, 1.54) is 68.9 Å². The normalized spacial score (nSPS) is 14.1. The van der Waals surface area contributed by atoms with Crippen molar-refractivity contribution in [3.05, 3.63) is 46.0 Å². The molecule has 2 aromatic carbocycles. The first kappa shape index (κ1) is 17.0. The molecule has 0 bridgehead atoms. The van der Waals surface area contributed by atoms with Crippen molar-refractivity contribution in [2.75, 3.05) is 0 Å². The molecule has 3 aromatic rings. The van der Waals surface area contributed by atoms with Gasteiger partial charge in [0, 0.05) is 28.5 Å². The molecule has 0 amide bonds. The highest BCUT2D eigenvalue weighted by atomic mass is 16.6. The maximum absolute atomic E-state index is 11.0. The molecule has 0 saturated heterocycles. The van der Waals surface area contributed by atoms with Gasteiger partial charge in [-0.2, -0.15) is 0 Å². The summed E-state index contributed by atoms with van der Waals surface area (Å²) >= 11 is 0. The lowest BCUT2D eigenvalue weighted by molar-refractivity contribution is -0.384. The fourth-order valence-electron chi connectivity index (χ4n) is 3.15. The third-order valence-electron chi connectivity index (χ3n) is 4.45. The predicted octanol–water partition coefficient (Wildman–Crippen LogP) is 5.35. The summed E-state index contributed by atoms with van der Waals surface area (Å²) in [4.78, 5) is 21.3. The number of aldehydes is 1. The molecule has 25 heavy (non-hydrogen) atoms. The Labute approximate surface area is 144 Å². The van der Waals surface area contributed by atoms with E-state index in [0.29, 0.717) is 28.2 Å². The molecule has 1 aliphatic rings. The number of phenolic OH excluding ortho intramolecular Hbond substituents is 1. The van der Waals surface area contributed by atoms with E-state index < -0.39 is 4.92 Å². The smallest absolute Gasteiger partial charge is 0.270 e. The molecule has 0 spiro atoms. The van der Waals surface area contributed by atoms with Gasteiger partial charge < -0.3 is 9.52 Å². The van der Waals surface area contributed by atoms with Crippen LogP contribution < -0.4 is 0 Å². The zero-order valence-electron chi connectivity index (χ0n) is 13.7. The summed E-state index contributed by atoms with van der Waals surface area (Å²) in [6, 6.07) is 6.87. The summed E-state index contributed by atoms with van der Waals surface area (Å²) < 4.78 is 5.43. The highest BCUT2D eigenvalue weighted by Gasteiger charge is 2.17. The van der Waals surface area contributed by atoms with Crippen LogP contribution in [0.1, 0.15) is 48.9 Å². The average Bonchev–Trinajstić information content (AvgIpc) is 3.04. The number of fused-ring (bicyclic) bond motifs is 3. The van der Waals surface area contributed by atoms with Gasteiger partial charge in [0.2, 0.25) is 0 Å². The third kappa shape index (κ3) is 3.47. The number of non-ortho nitro benzene ring substituents is 1. The molecule has 1 heterocycles. The quantitative estimate of drug-likeness (QED) is 0.385. The molecule has 1 aliphatic carbocycles. The molecule has 0 radical (unpaired) electrons. The van der Waals surface area contributed by atoms with Crippen molar-refractivity contribution in [3.8, 4) is 5.75 Å². The van der Waals surface area contributed by atoms with E-state index in [2.05, 4.69) is 0 Å². The highest BCUT2D eigenvalue weighted by Crippen LogP contribution is 2.37. The Balaban J connectivity index is 0.000000258. The van der Waals surface area contributed by atoms with E-state index in [1.54, 1.807) is 0 Å². The van der Waals surface area contributed by atoms with Crippen molar-refractivity contribution in [1.29, 1.82) is 0 Å². The molecule has 4 rings (SSSR count). The standard InChI is InChI=1S/C13H7NO5.C6H12/c15-6-7-1-3-10(16)13-12(7)9-5-8(14(17)18)2-4-11(9)19-13;1-2-4-6-5-3-1/h1-6,16H;1-6H2. The summed E-state index contributed by atoms with van der Waals surface area (Å²) in [5.41, 5.74) is 0.743. The Bertz CT molecular complexity index is 913. The molecule has 6 nitrogen and oxygen atoms in total. The van der Waals surface area contributed by atoms with Crippen LogP contribution >= 0.6 is 0 Å². The Morgan fingerprint density at radius 2 is 1.68 bits per heavy atom. The van der Waals surface area contributed by atoms with E-state index in [4.69, 9.17) is 4.42 Å². The molecular weight excluding hydrogens is 322 g/mol. The lowest BCUT2D eigenvalue weighted by Crippen LogP contribution is -1.87. The van der Waals surface area contributed by atoms with Gasteiger partial charge in [-0.25, -0.2) is 0 Å². The molecule has 0 aliphatic heterocycles. The number of aromatic hydroxyl groups is 1. The lowest BCUT2D eigenvalue weighted by Gasteiger charge is -2.05. The topological polar surface area (TPSA) is 93.6 Å². The van der Waals surface area contributed by atoms with E-state index >= 15 is 0 Å². The van der Waals surface area contributed by atoms with E-state index in [0.717, 1.165) is 0 Å². The van der Waals surface area contributed by atoms with Crippen LogP contribution in [0.4, 0.5) is 5.69 Å². The van der Waals surface area contributed by atoms with Crippen molar-refractivity contribution in [1.82, 2.24) is 0 Å². The lowest BCUT2D eigenvalue weighted by atomic mass is 10.0. The second-order valence-electron chi connectivity index (χ2n) is 6.16. The molecule has 1 saturated carbocycles. The number of furan rings is 1. The molecule has 1 aromatic heterocycles. The van der Waals surface area contributed by atoms with Gasteiger partial charge in [0.25, 0.3) is 5.69 Å². The maximum atomic E-state index is 11.0. The molecule has 6 heteroatoms. The molecule has 130 valence electrons. The summed E-state index contributed by atoms with van der Waals surface area (Å²) in [7, 11) is 0. The summed E-state index contributed by atoms with van der Waals surface area (Å²) in [5.74, 6) is -0.112. The van der Waals surface area contributed by atoms with Crippen LogP contribution in [0, 0.1) is 10.1 Å². The third-order valence-corrected chi connectivity index (χ3v) is 4.45. The average molecular weight is 341 g/mol. The molecule has 1 fully saturated rings. The minimum atomic E-state index is -0.526. The number of hydrogen-bond acceptors (Lipinski definition) is 5. The van der Waals surface area contributed by atoms with Crippen molar-refractivity contribution in [2.45, 2.75) is 38.5 Å². The van der Waals surface area contributed by atoms with Crippen LogP contribution in [0.5, 0.6) is 5.75 Å². The van der Waals surface area contributed by atoms with E-state index in [9.17, 15) is 20.0 Å². The SMILES string of the molecule is C1CCCCC1.O=Cc1ccc(O)c2oc3ccc([N+](=O)[O-])cc3c12. The Kier molecular flexibility index (Phi) is 4.97. The van der Waals surface area contributed by atoms with Crippen LogP contribution in [0.25, 0.3) is 21.9 Å². The van der Waals surface area contributed by atoms with Crippen LogP contribution in [0.15, 0.2) is 34.7 Å². The number of phenols is 1. The number of benzene rings is 2. The van der Waals surface area contributed by atoms with Crippen LogP contribution in [-0.2, 0) is 0 Å². The Hall–Kier alpha value is -2.89. The number of hydrogen-bond donors (Lipinski definition) is 1. The van der Waals surface area contributed by atoms with Crippen molar-refractivity contribution in [3.63, 3.8) is 0 Å². The second kappa shape index (κ2) is 7.34. The minimum absolute atomic E-state index is 0.101. The van der Waals surface area contributed by atoms with Gasteiger partial charge in [0.15, 0.2) is 17.6 Å². The van der Waals surface area contributed by atoms with Gasteiger partial charge in [-0.3, -0.25) is 14.9 Å². The van der Waals surface area contributed by atoms with Gasteiger partial charge in [0.1, 0.15) is 5.58 Å².